The molecule has 36 heavy (non-hydrogen) atoms. The number of nitrogens with one attached hydrogen (secondary N) is 1. The van der Waals surface area contributed by atoms with Crippen molar-refractivity contribution >= 4 is 23.7 Å². The van der Waals surface area contributed by atoms with Crippen LogP contribution < -0.4 is 5.32 Å². The number of carbonyl (C=O) groups is 4. The largest absolute Gasteiger partial charge is 0.490 e. The van der Waals surface area contributed by atoms with Crippen LogP contribution >= 0.6 is 0 Å². The number of nitrogens with zero attached hydrogens (tertiary/aromatic N) is 5. The van der Waals surface area contributed by atoms with Crippen molar-refractivity contribution in [3.63, 3.8) is 0 Å². The second-order valence-corrected chi connectivity index (χ2v) is 8.88. The van der Waals surface area contributed by atoms with Gasteiger partial charge in [-0.05, 0) is 50.2 Å². The second kappa shape index (κ2) is 9.68. The molecule has 192 valence electrons. The first-order valence-corrected chi connectivity index (χ1v) is 11.1. The average Bonchev–Trinajstić information content (AvgIpc) is 3.53. The summed E-state index contributed by atoms with van der Waals surface area (Å²) in [5.41, 5.74) is 3.27. The van der Waals surface area contributed by atoms with Crippen LogP contribution in [0.3, 0.4) is 0 Å². The Hall–Kier alpha value is -3.81. The molecule has 0 spiro atoms. The highest BCUT2D eigenvalue weighted by Crippen LogP contribution is 2.30. The Morgan fingerprint density at radius 1 is 1.19 bits per heavy atom. The Balaban J connectivity index is 0.000000384. The molecule has 5 rings (SSSR count). The third kappa shape index (κ3) is 5.22. The number of halogens is 3. The molecule has 3 aliphatic heterocycles. The van der Waals surface area contributed by atoms with Crippen molar-refractivity contribution in [1.29, 1.82) is 0 Å². The number of rotatable bonds is 3. The van der Waals surface area contributed by atoms with Crippen LogP contribution in [0.5, 0.6) is 0 Å². The number of hydrogen-bond donors (Lipinski definition) is 2. The molecule has 2 unspecified atom stereocenters. The van der Waals surface area contributed by atoms with E-state index in [0.717, 1.165) is 36.5 Å². The number of aromatic nitrogens is 3. The molecule has 0 aliphatic carbocycles. The van der Waals surface area contributed by atoms with Gasteiger partial charge in [0, 0.05) is 31.0 Å². The first kappa shape index (κ1) is 25.3. The molecule has 4 heterocycles. The van der Waals surface area contributed by atoms with E-state index < -0.39 is 24.1 Å². The zero-order valence-electron chi connectivity index (χ0n) is 19.2. The molecule has 0 saturated carbocycles. The predicted octanol–water partition coefficient (Wildman–Crippen LogP) is 1.08. The van der Waals surface area contributed by atoms with Gasteiger partial charge in [0.2, 0.25) is 11.8 Å². The zero-order valence-corrected chi connectivity index (χ0v) is 19.2. The Labute approximate surface area is 202 Å². The van der Waals surface area contributed by atoms with Gasteiger partial charge in [-0.1, -0.05) is 5.21 Å². The van der Waals surface area contributed by atoms with Crippen molar-refractivity contribution in [2.45, 2.75) is 43.9 Å². The first-order chi connectivity index (χ1) is 16.9. The smallest absolute Gasteiger partial charge is 0.475 e. The molecule has 11 nitrogen and oxygen atoms in total. The summed E-state index contributed by atoms with van der Waals surface area (Å²) in [4.78, 5) is 49.1. The van der Waals surface area contributed by atoms with E-state index in [1.807, 2.05) is 18.3 Å². The number of fused-ring (bicyclic) bond motifs is 1. The Kier molecular flexibility index (Phi) is 6.80. The van der Waals surface area contributed by atoms with Crippen molar-refractivity contribution in [1.82, 2.24) is 30.1 Å². The Bertz CT molecular complexity index is 1210. The van der Waals surface area contributed by atoms with Crippen molar-refractivity contribution < 1.29 is 37.5 Å². The number of likely N-dealkylation sites (N-methyl/N-ethyl adjacent to an activating group) is 1. The van der Waals surface area contributed by atoms with Gasteiger partial charge in [-0.15, -0.1) is 5.10 Å². The summed E-state index contributed by atoms with van der Waals surface area (Å²) in [5, 5.41) is 18.1. The summed E-state index contributed by atoms with van der Waals surface area (Å²) in [6.45, 7) is 2.40. The van der Waals surface area contributed by atoms with Crippen LogP contribution in [0.2, 0.25) is 0 Å². The number of benzene rings is 1. The van der Waals surface area contributed by atoms with Gasteiger partial charge >= 0.3 is 12.1 Å². The molecular weight excluding hydrogens is 485 g/mol. The van der Waals surface area contributed by atoms with Gasteiger partial charge in [0.05, 0.1) is 17.6 Å². The summed E-state index contributed by atoms with van der Waals surface area (Å²) in [7, 11) is 2.11. The third-order valence-electron chi connectivity index (χ3n) is 6.33. The first-order valence-electron chi connectivity index (χ1n) is 11.1. The number of carboxylic acids is 1. The molecule has 2 aromatic rings. The van der Waals surface area contributed by atoms with Crippen LogP contribution in [0, 0.1) is 0 Å². The van der Waals surface area contributed by atoms with Crippen LogP contribution in [0.1, 0.15) is 46.8 Å². The fourth-order valence-electron chi connectivity index (χ4n) is 4.47. The van der Waals surface area contributed by atoms with Crippen LogP contribution in [0.4, 0.5) is 13.2 Å². The highest BCUT2D eigenvalue weighted by atomic mass is 19.4. The molecule has 2 atom stereocenters. The van der Waals surface area contributed by atoms with E-state index >= 15 is 0 Å². The van der Waals surface area contributed by atoms with Gasteiger partial charge in [0.15, 0.2) is 0 Å². The molecule has 0 radical (unpaired) electrons. The van der Waals surface area contributed by atoms with Crippen LogP contribution in [-0.4, -0.2) is 85.9 Å². The molecule has 3 amide bonds. The van der Waals surface area contributed by atoms with Crippen molar-refractivity contribution in [2.75, 3.05) is 20.1 Å². The fourth-order valence-corrected chi connectivity index (χ4v) is 4.47. The maximum Gasteiger partial charge on any atom is 0.490 e. The lowest BCUT2D eigenvalue weighted by Crippen LogP contribution is -2.52. The highest BCUT2D eigenvalue weighted by molar-refractivity contribution is 6.05. The molecular formula is C22H23F3N6O5. The molecule has 2 N–H and O–H groups in total. The van der Waals surface area contributed by atoms with Crippen molar-refractivity contribution in [3.05, 3.63) is 41.2 Å². The van der Waals surface area contributed by atoms with Gasteiger partial charge in [0.25, 0.3) is 5.91 Å². The zero-order chi connectivity index (χ0) is 26.2. The van der Waals surface area contributed by atoms with E-state index in [1.54, 1.807) is 15.6 Å². The van der Waals surface area contributed by atoms with E-state index in [2.05, 4.69) is 27.6 Å². The fraction of sp³-hybridized carbons (Fsp3) is 0.455. The van der Waals surface area contributed by atoms with Crippen molar-refractivity contribution in [2.24, 2.45) is 0 Å². The maximum atomic E-state index is 12.8. The SMILES string of the molecule is CN1CCC(c2cn(-c3ccc4c(c3)CN(C3CCC(=O)NC3=O)C4=O)nn2)C1.O=C(O)C(F)(F)F. The molecule has 1 aromatic carbocycles. The lowest BCUT2D eigenvalue weighted by molar-refractivity contribution is -0.192. The minimum Gasteiger partial charge on any atom is -0.475 e. The number of carbonyl (C=O) groups excluding carboxylic acids is 3. The topological polar surface area (TPSA) is 138 Å². The van der Waals surface area contributed by atoms with Gasteiger partial charge in [-0.3, -0.25) is 19.7 Å². The number of likely N-dealkylation sites (tertiary alicyclic amines) is 1. The summed E-state index contributed by atoms with van der Waals surface area (Å²) >= 11 is 0. The molecule has 0 bridgehead atoms. The van der Waals surface area contributed by atoms with Gasteiger partial charge in [-0.2, -0.15) is 13.2 Å². The number of carboxylic acid groups (broad SMARTS) is 1. The van der Waals surface area contributed by atoms with Gasteiger partial charge in [-0.25, -0.2) is 9.48 Å². The Morgan fingerprint density at radius 3 is 2.53 bits per heavy atom. The number of hydrogen-bond acceptors (Lipinski definition) is 7. The monoisotopic (exact) mass is 508 g/mol. The number of piperidine rings is 1. The lowest BCUT2D eigenvalue weighted by atomic mass is 10.0. The van der Waals surface area contributed by atoms with Gasteiger partial charge < -0.3 is 14.9 Å². The molecule has 2 fully saturated rings. The van der Waals surface area contributed by atoms with Crippen LogP contribution in [0.25, 0.3) is 5.69 Å². The highest BCUT2D eigenvalue weighted by Gasteiger charge is 2.39. The normalized spacial score (nSPS) is 22.2. The number of aliphatic carboxylic acids is 1. The van der Waals surface area contributed by atoms with Crippen LogP contribution in [-0.2, 0) is 20.9 Å². The molecule has 14 heteroatoms. The third-order valence-corrected chi connectivity index (χ3v) is 6.33. The van der Waals surface area contributed by atoms with Crippen LogP contribution in [0.15, 0.2) is 24.4 Å². The van der Waals surface area contributed by atoms with E-state index in [9.17, 15) is 27.6 Å². The van der Waals surface area contributed by atoms with E-state index in [-0.39, 0.29) is 18.2 Å². The average molecular weight is 508 g/mol. The van der Waals surface area contributed by atoms with Gasteiger partial charge in [0.1, 0.15) is 6.04 Å². The minimum absolute atomic E-state index is 0.172. The number of imide groups is 1. The number of alkyl halides is 3. The lowest BCUT2D eigenvalue weighted by Gasteiger charge is -2.29. The second-order valence-electron chi connectivity index (χ2n) is 8.88. The minimum atomic E-state index is -5.08. The van der Waals surface area contributed by atoms with Crippen molar-refractivity contribution in [3.8, 4) is 5.69 Å². The summed E-state index contributed by atoms with van der Waals surface area (Å²) in [6.07, 6.45) is -1.44. The summed E-state index contributed by atoms with van der Waals surface area (Å²) in [6, 6.07) is 4.96. The number of amides is 3. The van der Waals surface area contributed by atoms with E-state index in [1.165, 1.54) is 0 Å². The summed E-state index contributed by atoms with van der Waals surface area (Å²) in [5.74, 6) is -3.21. The summed E-state index contributed by atoms with van der Waals surface area (Å²) < 4.78 is 33.5. The maximum absolute atomic E-state index is 12.8. The standard InChI is InChI=1S/C20H22N6O3.C2HF3O2/c1-24-7-6-12(9-24)16-11-26(23-22-16)14-2-3-15-13(8-14)10-25(20(15)29)17-4-5-18(27)21-19(17)28;3-2(4,5)1(6)7/h2-3,8,11-12,17H,4-7,9-10H2,1H3,(H,21,27,28);(H,6,7). The van der Waals surface area contributed by atoms with E-state index in [4.69, 9.17) is 9.90 Å². The molecule has 3 aliphatic rings. The quantitative estimate of drug-likeness (QED) is 0.588. The predicted molar refractivity (Wildman–Crippen MR) is 116 cm³/mol. The molecule has 1 aromatic heterocycles. The molecule has 2 saturated heterocycles. The van der Waals surface area contributed by atoms with E-state index in [0.29, 0.717) is 24.4 Å². The Morgan fingerprint density at radius 2 is 1.92 bits per heavy atom.